The van der Waals surface area contributed by atoms with E-state index in [-0.39, 0.29) is 29.7 Å². The van der Waals surface area contributed by atoms with Crippen molar-refractivity contribution in [1.82, 2.24) is 19.7 Å². The fraction of sp³-hybridized carbons (Fsp3) is 0.500. The smallest absolute Gasteiger partial charge is 0.293 e. The Morgan fingerprint density at radius 2 is 2.00 bits per heavy atom. The molecule has 1 saturated carbocycles. The summed E-state index contributed by atoms with van der Waals surface area (Å²) in [4.78, 5) is 19.2. The number of amides is 1. The van der Waals surface area contributed by atoms with Crippen LogP contribution in [0.25, 0.3) is 5.69 Å². The zero-order valence-corrected chi connectivity index (χ0v) is 14.2. The summed E-state index contributed by atoms with van der Waals surface area (Å²) in [5, 5.41) is 4.37. The van der Waals surface area contributed by atoms with Gasteiger partial charge in [0.2, 0.25) is 5.82 Å². The van der Waals surface area contributed by atoms with Gasteiger partial charge in [-0.25, -0.2) is 14.1 Å². The summed E-state index contributed by atoms with van der Waals surface area (Å²) in [5.74, 6) is 0.329. The third-order valence-electron chi connectivity index (χ3n) is 5.02. The summed E-state index contributed by atoms with van der Waals surface area (Å²) in [6.07, 6.45) is 4.37. The Labute approximate surface area is 145 Å². The first-order valence-electron chi connectivity index (χ1n) is 8.75. The van der Waals surface area contributed by atoms with E-state index in [0.717, 1.165) is 25.7 Å². The molecule has 0 N–H and O–H groups in total. The largest absolute Gasteiger partial charge is 0.374 e. The molecule has 2 aliphatic rings. The van der Waals surface area contributed by atoms with Gasteiger partial charge in [-0.15, -0.1) is 5.10 Å². The molecule has 0 unspecified atom stereocenters. The highest BCUT2D eigenvalue weighted by Crippen LogP contribution is 2.29. The van der Waals surface area contributed by atoms with E-state index in [1.54, 1.807) is 23.7 Å². The third-order valence-corrected chi connectivity index (χ3v) is 5.02. The predicted molar refractivity (Wildman–Crippen MR) is 89.1 cm³/mol. The van der Waals surface area contributed by atoms with Crippen LogP contribution in [0.15, 0.2) is 24.3 Å². The van der Waals surface area contributed by atoms with Gasteiger partial charge in [-0.1, -0.05) is 12.8 Å². The van der Waals surface area contributed by atoms with Gasteiger partial charge in [0.1, 0.15) is 11.6 Å². The molecule has 2 heterocycles. The summed E-state index contributed by atoms with van der Waals surface area (Å²) in [6, 6.07) is 6.10. The van der Waals surface area contributed by atoms with E-state index in [0.29, 0.717) is 24.7 Å². The Kier molecular flexibility index (Phi) is 4.25. The molecule has 1 saturated heterocycles. The second-order valence-electron chi connectivity index (χ2n) is 6.63. The number of carbonyl (C=O) groups excluding carboxylic acids is 1. The van der Waals surface area contributed by atoms with Crippen molar-refractivity contribution in [1.29, 1.82) is 0 Å². The average Bonchev–Trinajstić information content (AvgIpc) is 3.03. The second kappa shape index (κ2) is 6.55. The van der Waals surface area contributed by atoms with Crippen LogP contribution >= 0.6 is 0 Å². The summed E-state index contributed by atoms with van der Waals surface area (Å²) >= 11 is 0. The fourth-order valence-electron chi connectivity index (χ4n) is 3.78. The third kappa shape index (κ3) is 3.04. The van der Waals surface area contributed by atoms with Gasteiger partial charge < -0.3 is 9.64 Å². The summed E-state index contributed by atoms with van der Waals surface area (Å²) in [5.41, 5.74) is 0.683. The highest BCUT2D eigenvalue weighted by molar-refractivity contribution is 5.90. The fourth-order valence-corrected chi connectivity index (χ4v) is 3.78. The molecular weight excluding hydrogens is 323 g/mol. The number of fused-ring (bicyclic) bond motifs is 1. The van der Waals surface area contributed by atoms with Gasteiger partial charge in [0.15, 0.2) is 0 Å². The standard InChI is InChI=1S/C18H21FN4O2/c1-12-20-17(21-23(12)14-8-6-13(19)7-9-14)18(24)22-10-11-25-16-5-3-2-4-15(16)22/h6-9,15-16H,2-5,10-11H2,1H3/t15-,16-/m0/s1. The number of morpholine rings is 1. The minimum Gasteiger partial charge on any atom is -0.374 e. The van der Waals surface area contributed by atoms with Crippen LogP contribution in [-0.4, -0.2) is 50.9 Å². The van der Waals surface area contributed by atoms with Gasteiger partial charge in [0.25, 0.3) is 5.91 Å². The molecule has 0 radical (unpaired) electrons. The van der Waals surface area contributed by atoms with E-state index in [1.807, 2.05) is 4.90 Å². The Morgan fingerprint density at radius 3 is 2.80 bits per heavy atom. The molecule has 1 aliphatic heterocycles. The lowest BCUT2D eigenvalue weighted by atomic mass is 9.90. The van der Waals surface area contributed by atoms with Crippen molar-refractivity contribution in [3.05, 3.63) is 41.7 Å². The summed E-state index contributed by atoms with van der Waals surface area (Å²) in [7, 11) is 0. The van der Waals surface area contributed by atoms with Crippen molar-refractivity contribution in [2.75, 3.05) is 13.2 Å². The van der Waals surface area contributed by atoms with Gasteiger partial charge in [0, 0.05) is 6.54 Å². The second-order valence-corrected chi connectivity index (χ2v) is 6.63. The molecule has 132 valence electrons. The van der Waals surface area contributed by atoms with Crippen molar-refractivity contribution >= 4 is 5.91 Å². The first-order valence-corrected chi connectivity index (χ1v) is 8.75. The van der Waals surface area contributed by atoms with Gasteiger partial charge in [-0.2, -0.15) is 0 Å². The molecule has 6 nitrogen and oxygen atoms in total. The lowest BCUT2D eigenvalue weighted by Crippen LogP contribution is -2.55. The summed E-state index contributed by atoms with van der Waals surface area (Å²) in [6.45, 7) is 2.92. The number of benzene rings is 1. The molecule has 0 bridgehead atoms. The van der Waals surface area contributed by atoms with Crippen LogP contribution in [0.4, 0.5) is 4.39 Å². The number of ether oxygens (including phenoxy) is 1. The zero-order chi connectivity index (χ0) is 17.4. The minimum atomic E-state index is -0.311. The highest BCUT2D eigenvalue weighted by atomic mass is 19.1. The average molecular weight is 344 g/mol. The van der Waals surface area contributed by atoms with Crippen LogP contribution in [-0.2, 0) is 4.74 Å². The van der Waals surface area contributed by atoms with Crippen LogP contribution in [0.1, 0.15) is 42.1 Å². The number of rotatable bonds is 2. The highest BCUT2D eigenvalue weighted by Gasteiger charge is 2.38. The monoisotopic (exact) mass is 344 g/mol. The maximum Gasteiger partial charge on any atom is 0.293 e. The topological polar surface area (TPSA) is 60.3 Å². The van der Waals surface area contributed by atoms with Crippen molar-refractivity contribution in [2.24, 2.45) is 0 Å². The Balaban J connectivity index is 1.60. The lowest BCUT2D eigenvalue weighted by molar-refractivity contribution is -0.0755. The van der Waals surface area contributed by atoms with Crippen molar-refractivity contribution in [3.8, 4) is 5.69 Å². The molecule has 2 atom stereocenters. The molecule has 7 heteroatoms. The molecule has 4 rings (SSSR count). The quantitative estimate of drug-likeness (QED) is 0.840. The zero-order valence-electron chi connectivity index (χ0n) is 14.2. The molecule has 1 amide bonds. The number of carbonyl (C=O) groups is 1. The Hall–Kier alpha value is -2.28. The van der Waals surface area contributed by atoms with Crippen molar-refractivity contribution in [3.63, 3.8) is 0 Å². The van der Waals surface area contributed by atoms with E-state index in [4.69, 9.17) is 4.74 Å². The van der Waals surface area contributed by atoms with E-state index in [9.17, 15) is 9.18 Å². The number of aryl methyl sites for hydroxylation is 1. The van der Waals surface area contributed by atoms with Crippen LogP contribution < -0.4 is 0 Å². The molecule has 1 aliphatic carbocycles. The van der Waals surface area contributed by atoms with E-state index < -0.39 is 0 Å². The van der Waals surface area contributed by atoms with Gasteiger partial charge in [-0.3, -0.25) is 4.79 Å². The maximum atomic E-state index is 13.1. The molecule has 0 spiro atoms. The van der Waals surface area contributed by atoms with Gasteiger partial charge in [0.05, 0.1) is 24.4 Å². The molecule has 2 fully saturated rings. The molecule has 2 aromatic rings. The van der Waals surface area contributed by atoms with Crippen LogP contribution in [0.5, 0.6) is 0 Å². The van der Waals surface area contributed by atoms with Crippen LogP contribution in [0, 0.1) is 12.7 Å². The molecular formula is C18H21FN4O2. The van der Waals surface area contributed by atoms with Crippen molar-refractivity contribution in [2.45, 2.75) is 44.8 Å². The van der Waals surface area contributed by atoms with E-state index in [1.165, 1.54) is 12.1 Å². The number of hydrogen-bond acceptors (Lipinski definition) is 4. The van der Waals surface area contributed by atoms with Gasteiger partial charge >= 0.3 is 0 Å². The maximum absolute atomic E-state index is 13.1. The Bertz CT molecular complexity index is 772. The minimum absolute atomic E-state index is 0.119. The first-order chi connectivity index (χ1) is 12.1. The van der Waals surface area contributed by atoms with Gasteiger partial charge in [-0.05, 0) is 44.0 Å². The summed E-state index contributed by atoms with van der Waals surface area (Å²) < 4.78 is 20.5. The lowest BCUT2D eigenvalue weighted by Gasteiger charge is -2.43. The normalized spacial score (nSPS) is 23.4. The van der Waals surface area contributed by atoms with Crippen LogP contribution in [0.3, 0.4) is 0 Å². The van der Waals surface area contributed by atoms with E-state index in [2.05, 4.69) is 10.1 Å². The number of halogens is 1. The SMILES string of the molecule is Cc1nc(C(=O)N2CCO[C@H]3CCCC[C@@H]32)nn1-c1ccc(F)cc1. The predicted octanol–water partition coefficient (Wildman–Crippen LogP) is 2.50. The number of aromatic nitrogens is 3. The van der Waals surface area contributed by atoms with E-state index >= 15 is 0 Å². The number of hydrogen-bond donors (Lipinski definition) is 0. The molecule has 1 aromatic heterocycles. The first kappa shape index (κ1) is 16.2. The number of nitrogens with zero attached hydrogens (tertiary/aromatic N) is 4. The molecule has 25 heavy (non-hydrogen) atoms. The van der Waals surface area contributed by atoms with Crippen molar-refractivity contribution < 1.29 is 13.9 Å². The molecule has 1 aromatic carbocycles. The Morgan fingerprint density at radius 1 is 1.24 bits per heavy atom. The van der Waals surface area contributed by atoms with Crippen LogP contribution in [0.2, 0.25) is 0 Å².